The van der Waals surface area contributed by atoms with Gasteiger partial charge < -0.3 is 15.2 Å². The summed E-state index contributed by atoms with van der Waals surface area (Å²) in [5.74, 6) is 0. The fourth-order valence-corrected chi connectivity index (χ4v) is 0.829. The van der Waals surface area contributed by atoms with Crippen LogP contribution >= 0.6 is 0 Å². The highest BCUT2D eigenvalue weighted by Gasteiger charge is 2.19. The van der Waals surface area contributed by atoms with Gasteiger partial charge in [-0.3, -0.25) is 0 Å². The van der Waals surface area contributed by atoms with Crippen LogP contribution in [0.4, 0.5) is 4.39 Å². The minimum absolute atomic E-state index is 0.0167. The number of aliphatic hydroxyl groups excluding tert-OH is 1. The Morgan fingerprint density at radius 1 is 1.60 bits per heavy atom. The monoisotopic (exact) mass is 149 g/mol. The summed E-state index contributed by atoms with van der Waals surface area (Å²) in [6, 6.07) is 0. The molecule has 0 aromatic rings. The second-order valence-corrected chi connectivity index (χ2v) is 2.36. The van der Waals surface area contributed by atoms with Gasteiger partial charge in [0.15, 0.2) is 6.17 Å². The summed E-state index contributed by atoms with van der Waals surface area (Å²) < 4.78 is 17.5. The van der Waals surface area contributed by atoms with Gasteiger partial charge in [0.25, 0.3) is 0 Å². The lowest BCUT2D eigenvalue weighted by atomic mass is 10.2. The van der Waals surface area contributed by atoms with E-state index in [2.05, 4.69) is 5.32 Å². The molecule has 1 rings (SSSR count). The van der Waals surface area contributed by atoms with E-state index < -0.39 is 12.3 Å². The highest BCUT2D eigenvalue weighted by molar-refractivity contribution is 4.71. The fourth-order valence-electron chi connectivity index (χ4n) is 0.829. The lowest BCUT2D eigenvalue weighted by Crippen LogP contribution is -2.40. The van der Waals surface area contributed by atoms with Crippen LogP contribution in [0.5, 0.6) is 0 Å². The van der Waals surface area contributed by atoms with E-state index in [1.807, 2.05) is 0 Å². The van der Waals surface area contributed by atoms with Crippen molar-refractivity contribution in [3.8, 4) is 0 Å². The van der Waals surface area contributed by atoms with Crippen LogP contribution in [0.15, 0.2) is 0 Å². The molecule has 0 unspecified atom stereocenters. The third-order valence-corrected chi connectivity index (χ3v) is 1.47. The van der Waals surface area contributed by atoms with Gasteiger partial charge in [0, 0.05) is 13.1 Å². The van der Waals surface area contributed by atoms with E-state index in [1.54, 1.807) is 0 Å². The normalized spacial score (nSPS) is 36.6. The van der Waals surface area contributed by atoms with Gasteiger partial charge >= 0.3 is 0 Å². The number of β-amino-alcohol motifs (C(OH)–C–C–N with tert-alkyl or cyclic N) is 1. The van der Waals surface area contributed by atoms with E-state index in [0.29, 0.717) is 19.7 Å². The first-order valence-electron chi connectivity index (χ1n) is 3.41. The number of nitrogens with one attached hydrogen (secondary N) is 1. The first-order chi connectivity index (χ1) is 4.80. The molecule has 0 aromatic heterocycles. The van der Waals surface area contributed by atoms with Crippen LogP contribution in [0, 0.1) is 0 Å². The largest absolute Gasteiger partial charge is 0.389 e. The molecular weight excluding hydrogens is 137 g/mol. The Kier molecular flexibility index (Phi) is 3.05. The minimum Gasteiger partial charge on any atom is -0.389 e. The van der Waals surface area contributed by atoms with Crippen molar-refractivity contribution in [2.75, 3.05) is 26.3 Å². The lowest BCUT2D eigenvalue weighted by Gasteiger charge is -2.19. The standard InChI is InChI=1S/C6H12FNO2/c7-5-4-10-2-1-8-3-6(5)9/h5-6,8-9H,1-4H2/t5-,6-/m0/s1. The summed E-state index contributed by atoms with van der Waals surface area (Å²) in [5.41, 5.74) is 0. The molecule has 1 fully saturated rings. The summed E-state index contributed by atoms with van der Waals surface area (Å²) in [6.07, 6.45) is -2.16. The summed E-state index contributed by atoms with van der Waals surface area (Å²) in [7, 11) is 0. The van der Waals surface area contributed by atoms with Crippen LogP contribution in [0.3, 0.4) is 0 Å². The van der Waals surface area contributed by atoms with Crippen molar-refractivity contribution in [1.29, 1.82) is 0 Å². The van der Waals surface area contributed by atoms with E-state index in [9.17, 15) is 4.39 Å². The third-order valence-electron chi connectivity index (χ3n) is 1.47. The van der Waals surface area contributed by atoms with Crippen molar-refractivity contribution >= 4 is 0 Å². The molecular formula is C6H12FNO2. The van der Waals surface area contributed by atoms with Crippen molar-refractivity contribution in [3.05, 3.63) is 0 Å². The Bertz CT molecular complexity index is 89.7. The molecule has 0 bridgehead atoms. The van der Waals surface area contributed by atoms with Crippen molar-refractivity contribution in [3.63, 3.8) is 0 Å². The minimum atomic E-state index is -1.24. The predicted molar refractivity (Wildman–Crippen MR) is 34.6 cm³/mol. The molecule has 1 saturated heterocycles. The van der Waals surface area contributed by atoms with Crippen molar-refractivity contribution < 1.29 is 14.2 Å². The molecule has 2 N–H and O–H groups in total. The van der Waals surface area contributed by atoms with Crippen LogP contribution in [-0.2, 0) is 4.74 Å². The molecule has 0 radical (unpaired) electrons. The zero-order valence-electron chi connectivity index (χ0n) is 5.72. The Balaban J connectivity index is 2.28. The van der Waals surface area contributed by atoms with Crippen LogP contribution in [-0.4, -0.2) is 43.7 Å². The number of alkyl halides is 1. The highest BCUT2D eigenvalue weighted by atomic mass is 19.1. The summed E-state index contributed by atoms with van der Waals surface area (Å²) in [5, 5.41) is 11.8. The van der Waals surface area contributed by atoms with Gasteiger partial charge in [0.1, 0.15) is 0 Å². The average Bonchev–Trinajstić information content (AvgIpc) is 1.92. The van der Waals surface area contributed by atoms with Crippen LogP contribution < -0.4 is 5.32 Å². The third kappa shape index (κ3) is 2.21. The lowest BCUT2D eigenvalue weighted by molar-refractivity contribution is -0.00447. The van der Waals surface area contributed by atoms with Crippen molar-refractivity contribution in [2.45, 2.75) is 12.3 Å². The van der Waals surface area contributed by atoms with Crippen LogP contribution in [0.2, 0.25) is 0 Å². The molecule has 1 aliphatic rings. The Labute approximate surface area is 59.2 Å². The van der Waals surface area contributed by atoms with Crippen LogP contribution in [0.25, 0.3) is 0 Å². The topological polar surface area (TPSA) is 41.5 Å². The molecule has 0 saturated carbocycles. The molecule has 3 nitrogen and oxygen atoms in total. The molecule has 1 heterocycles. The maximum atomic E-state index is 12.6. The second kappa shape index (κ2) is 3.85. The van der Waals surface area contributed by atoms with Crippen LogP contribution in [0.1, 0.15) is 0 Å². The molecule has 4 heteroatoms. The Morgan fingerprint density at radius 2 is 2.40 bits per heavy atom. The van der Waals surface area contributed by atoms with E-state index in [0.717, 1.165) is 0 Å². The predicted octanol–water partition coefficient (Wildman–Crippen LogP) is -0.695. The molecule has 1 aliphatic heterocycles. The molecule has 0 spiro atoms. The molecule has 2 atom stereocenters. The smallest absolute Gasteiger partial charge is 0.150 e. The summed E-state index contributed by atoms with van der Waals surface area (Å²) in [6.45, 7) is 1.55. The van der Waals surface area contributed by atoms with Gasteiger partial charge in [-0.25, -0.2) is 4.39 Å². The molecule has 0 aromatic carbocycles. The van der Waals surface area contributed by atoms with Crippen molar-refractivity contribution in [2.24, 2.45) is 0 Å². The number of aliphatic hydroxyl groups is 1. The Morgan fingerprint density at radius 3 is 3.20 bits per heavy atom. The second-order valence-electron chi connectivity index (χ2n) is 2.36. The van der Waals surface area contributed by atoms with Gasteiger partial charge in [-0.1, -0.05) is 0 Å². The van der Waals surface area contributed by atoms with E-state index in [1.165, 1.54) is 0 Å². The molecule has 0 aliphatic carbocycles. The summed E-state index contributed by atoms with van der Waals surface area (Å²) >= 11 is 0. The molecule has 0 amide bonds. The van der Waals surface area contributed by atoms with Gasteiger partial charge in [0.05, 0.1) is 19.3 Å². The van der Waals surface area contributed by atoms with Gasteiger partial charge in [-0.15, -0.1) is 0 Å². The maximum absolute atomic E-state index is 12.6. The molecule has 60 valence electrons. The van der Waals surface area contributed by atoms with Crippen molar-refractivity contribution in [1.82, 2.24) is 5.32 Å². The average molecular weight is 149 g/mol. The number of hydrogen-bond donors (Lipinski definition) is 2. The fraction of sp³-hybridized carbons (Fsp3) is 1.00. The zero-order valence-corrected chi connectivity index (χ0v) is 5.72. The van der Waals surface area contributed by atoms with Gasteiger partial charge in [-0.05, 0) is 0 Å². The highest BCUT2D eigenvalue weighted by Crippen LogP contribution is 2.00. The number of ether oxygens (including phenoxy) is 1. The molecule has 10 heavy (non-hydrogen) atoms. The van der Waals surface area contributed by atoms with E-state index >= 15 is 0 Å². The first kappa shape index (κ1) is 7.91. The van der Waals surface area contributed by atoms with Gasteiger partial charge in [-0.2, -0.15) is 0 Å². The summed E-state index contributed by atoms with van der Waals surface area (Å²) in [4.78, 5) is 0. The quantitative estimate of drug-likeness (QED) is 0.479. The van der Waals surface area contributed by atoms with E-state index in [-0.39, 0.29) is 6.61 Å². The maximum Gasteiger partial charge on any atom is 0.150 e. The number of halogens is 1. The number of hydrogen-bond acceptors (Lipinski definition) is 3. The SMILES string of the molecule is O[C@H]1CNCCOC[C@@H]1F. The Hall–Kier alpha value is -0.190. The number of rotatable bonds is 0. The van der Waals surface area contributed by atoms with E-state index in [4.69, 9.17) is 9.84 Å². The zero-order chi connectivity index (χ0) is 7.40. The van der Waals surface area contributed by atoms with Gasteiger partial charge in [0.2, 0.25) is 0 Å². The first-order valence-corrected chi connectivity index (χ1v) is 3.41.